The van der Waals surface area contributed by atoms with Gasteiger partial charge in [0.25, 0.3) is 5.91 Å². The number of para-hydroxylation sites is 2. The predicted octanol–water partition coefficient (Wildman–Crippen LogP) is 0.932. The number of likely N-dealkylation sites (N-methyl/N-ethyl adjacent to an activating group) is 1. The van der Waals surface area contributed by atoms with Crippen molar-refractivity contribution in [2.75, 3.05) is 23.8 Å². The number of hydrogen-bond acceptors (Lipinski definition) is 3. The minimum absolute atomic E-state index is 0.0118. The summed E-state index contributed by atoms with van der Waals surface area (Å²) in [5.41, 5.74) is 6.30. The topological polar surface area (TPSA) is 44.4 Å². The summed E-state index contributed by atoms with van der Waals surface area (Å²) in [5, 5.41) is 6.53. The average Bonchev–Trinajstić information content (AvgIpc) is 2.89. The Bertz CT molecular complexity index is 813. The smallest absolute Gasteiger partial charge is 0.251 e. The van der Waals surface area contributed by atoms with E-state index >= 15 is 0 Å². The Morgan fingerprint density at radius 3 is 2.65 bits per heavy atom. The fourth-order valence-corrected chi connectivity index (χ4v) is 3.35. The van der Waals surface area contributed by atoms with Crippen molar-refractivity contribution in [3.05, 3.63) is 65.4 Å². The molecule has 5 heteroatoms. The van der Waals surface area contributed by atoms with E-state index in [0.717, 1.165) is 28.2 Å². The zero-order valence-corrected chi connectivity index (χ0v) is 13.3. The van der Waals surface area contributed by atoms with Crippen LogP contribution in [0, 0.1) is 0 Å². The van der Waals surface area contributed by atoms with Crippen LogP contribution < -0.4 is 21.0 Å². The Hall–Kier alpha value is -2.69. The molecule has 0 aliphatic carbocycles. The number of amides is 1. The molecule has 1 unspecified atom stereocenters. The van der Waals surface area contributed by atoms with Crippen LogP contribution in [0.4, 0.5) is 11.4 Å². The Morgan fingerprint density at radius 1 is 1.13 bits per heavy atom. The molecule has 0 saturated carbocycles. The SMILES string of the molecule is Bc1ccc(C2Nc3ccccc3N(C)C3=C2C(=O)NC3)cc1. The summed E-state index contributed by atoms with van der Waals surface area (Å²) in [6.07, 6.45) is 0. The van der Waals surface area contributed by atoms with Crippen molar-refractivity contribution >= 4 is 30.6 Å². The lowest BCUT2D eigenvalue weighted by Crippen LogP contribution is -2.24. The zero-order valence-electron chi connectivity index (χ0n) is 13.3. The molecule has 2 aromatic rings. The van der Waals surface area contributed by atoms with Gasteiger partial charge in [-0.1, -0.05) is 41.9 Å². The van der Waals surface area contributed by atoms with Crippen LogP contribution in [-0.4, -0.2) is 27.3 Å². The highest BCUT2D eigenvalue weighted by Gasteiger charge is 2.35. The third kappa shape index (κ3) is 2.20. The second-order valence-corrected chi connectivity index (χ2v) is 6.11. The summed E-state index contributed by atoms with van der Waals surface area (Å²) in [6.45, 7) is 0.572. The summed E-state index contributed by atoms with van der Waals surface area (Å²) in [6, 6.07) is 16.4. The van der Waals surface area contributed by atoms with Gasteiger partial charge in [-0.05, 0) is 17.7 Å². The van der Waals surface area contributed by atoms with E-state index in [4.69, 9.17) is 0 Å². The molecular formula is C18H18BN3O. The van der Waals surface area contributed by atoms with Crippen molar-refractivity contribution in [3.63, 3.8) is 0 Å². The van der Waals surface area contributed by atoms with Gasteiger partial charge in [-0.3, -0.25) is 4.79 Å². The van der Waals surface area contributed by atoms with Crippen LogP contribution in [0.1, 0.15) is 11.6 Å². The third-order valence-corrected chi connectivity index (χ3v) is 4.64. The van der Waals surface area contributed by atoms with Gasteiger partial charge in [0.1, 0.15) is 7.85 Å². The molecule has 0 bridgehead atoms. The van der Waals surface area contributed by atoms with Crippen LogP contribution >= 0.6 is 0 Å². The summed E-state index contributed by atoms with van der Waals surface area (Å²) < 4.78 is 0. The van der Waals surface area contributed by atoms with Crippen LogP contribution in [0.3, 0.4) is 0 Å². The molecule has 114 valence electrons. The number of anilines is 2. The number of carbonyl (C=O) groups excluding carboxylic acids is 1. The number of hydrogen-bond donors (Lipinski definition) is 2. The fraction of sp³-hybridized carbons (Fsp3) is 0.167. The lowest BCUT2D eigenvalue weighted by Gasteiger charge is -2.21. The van der Waals surface area contributed by atoms with E-state index in [0.29, 0.717) is 6.54 Å². The lowest BCUT2D eigenvalue weighted by molar-refractivity contribution is -0.116. The second-order valence-electron chi connectivity index (χ2n) is 6.11. The molecule has 2 aliphatic heterocycles. The number of nitrogens with zero attached hydrogens (tertiary/aromatic N) is 1. The number of carbonyl (C=O) groups is 1. The number of benzene rings is 2. The Labute approximate surface area is 136 Å². The molecule has 2 heterocycles. The molecule has 2 N–H and O–H groups in total. The maximum atomic E-state index is 12.5. The van der Waals surface area contributed by atoms with E-state index in [1.165, 1.54) is 5.46 Å². The first-order chi connectivity index (χ1) is 11.1. The van der Waals surface area contributed by atoms with Crippen molar-refractivity contribution in [3.8, 4) is 0 Å². The van der Waals surface area contributed by atoms with Crippen LogP contribution in [-0.2, 0) is 4.79 Å². The molecule has 0 fully saturated rings. The van der Waals surface area contributed by atoms with Crippen molar-refractivity contribution in [2.24, 2.45) is 0 Å². The van der Waals surface area contributed by atoms with Crippen molar-refractivity contribution in [1.82, 2.24) is 5.32 Å². The monoisotopic (exact) mass is 303 g/mol. The molecule has 1 amide bonds. The highest BCUT2D eigenvalue weighted by Crippen LogP contribution is 2.40. The third-order valence-electron chi connectivity index (χ3n) is 4.64. The average molecular weight is 303 g/mol. The molecule has 23 heavy (non-hydrogen) atoms. The quantitative estimate of drug-likeness (QED) is 0.771. The minimum Gasteiger partial charge on any atom is -0.372 e. The van der Waals surface area contributed by atoms with Crippen LogP contribution in [0.15, 0.2) is 59.8 Å². The number of fused-ring (bicyclic) bond motifs is 1. The first kappa shape index (κ1) is 13.9. The number of rotatable bonds is 1. The minimum atomic E-state index is -0.140. The summed E-state index contributed by atoms with van der Waals surface area (Å²) >= 11 is 0. The van der Waals surface area contributed by atoms with Gasteiger partial charge in [0.2, 0.25) is 0 Å². The zero-order chi connectivity index (χ0) is 16.0. The molecule has 0 aromatic heterocycles. The second kappa shape index (κ2) is 5.20. The molecule has 2 aliphatic rings. The molecule has 4 rings (SSSR count). The normalized spacial score (nSPS) is 19.6. The first-order valence-electron chi connectivity index (χ1n) is 7.82. The first-order valence-corrected chi connectivity index (χ1v) is 7.82. The predicted molar refractivity (Wildman–Crippen MR) is 95.9 cm³/mol. The van der Waals surface area contributed by atoms with E-state index in [1.807, 2.05) is 19.2 Å². The van der Waals surface area contributed by atoms with Crippen LogP contribution in [0.2, 0.25) is 0 Å². The molecular weight excluding hydrogens is 285 g/mol. The largest absolute Gasteiger partial charge is 0.372 e. The number of nitrogens with one attached hydrogen (secondary N) is 2. The summed E-state index contributed by atoms with van der Waals surface area (Å²) in [4.78, 5) is 14.6. The molecule has 0 saturated heterocycles. The maximum Gasteiger partial charge on any atom is 0.251 e. The van der Waals surface area contributed by atoms with Crippen molar-refractivity contribution in [2.45, 2.75) is 6.04 Å². The fourth-order valence-electron chi connectivity index (χ4n) is 3.35. The van der Waals surface area contributed by atoms with Crippen LogP contribution in [0.5, 0.6) is 0 Å². The van der Waals surface area contributed by atoms with Gasteiger partial charge in [0.05, 0.1) is 29.5 Å². The molecule has 2 aromatic carbocycles. The van der Waals surface area contributed by atoms with Gasteiger partial charge in [-0.2, -0.15) is 0 Å². The Kier molecular flexibility index (Phi) is 3.15. The summed E-state index contributed by atoms with van der Waals surface area (Å²) in [7, 11) is 4.09. The van der Waals surface area contributed by atoms with Gasteiger partial charge < -0.3 is 15.5 Å². The summed E-state index contributed by atoms with van der Waals surface area (Å²) in [5.74, 6) is 0.0118. The molecule has 4 nitrogen and oxygen atoms in total. The van der Waals surface area contributed by atoms with Crippen molar-refractivity contribution in [1.29, 1.82) is 0 Å². The molecule has 0 spiro atoms. The van der Waals surface area contributed by atoms with Gasteiger partial charge >= 0.3 is 0 Å². The Morgan fingerprint density at radius 2 is 1.87 bits per heavy atom. The molecule has 1 atom stereocenters. The van der Waals surface area contributed by atoms with Crippen LogP contribution in [0.25, 0.3) is 0 Å². The van der Waals surface area contributed by atoms with E-state index in [1.54, 1.807) is 0 Å². The van der Waals surface area contributed by atoms with Gasteiger partial charge in [0, 0.05) is 12.7 Å². The highest BCUT2D eigenvalue weighted by molar-refractivity contribution is 6.32. The van der Waals surface area contributed by atoms with E-state index in [-0.39, 0.29) is 11.9 Å². The van der Waals surface area contributed by atoms with Crippen molar-refractivity contribution < 1.29 is 4.79 Å². The maximum absolute atomic E-state index is 12.5. The van der Waals surface area contributed by atoms with E-state index < -0.39 is 0 Å². The highest BCUT2D eigenvalue weighted by atomic mass is 16.2. The lowest BCUT2D eigenvalue weighted by atomic mass is 9.91. The Balaban J connectivity index is 1.90. The standard InChI is InChI=1S/C18H18BN3O/c1-22-14-5-3-2-4-13(14)21-17(11-6-8-12(19)9-7-11)16-15(22)10-20-18(16)23/h2-9,17,21H,10,19H2,1H3,(H,20,23). The molecule has 0 radical (unpaired) electrons. The van der Waals surface area contributed by atoms with E-state index in [2.05, 4.69) is 59.8 Å². The van der Waals surface area contributed by atoms with E-state index in [9.17, 15) is 4.79 Å². The van der Waals surface area contributed by atoms with Gasteiger partial charge in [-0.15, -0.1) is 0 Å². The van der Waals surface area contributed by atoms with Gasteiger partial charge in [-0.25, -0.2) is 0 Å². The van der Waals surface area contributed by atoms with Gasteiger partial charge in [0.15, 0.2) is 0 Å².